The molecule has 1 aromatic rings. The lowest BCUT2D eigenvalue weighted by Gasteiger charge is -2.18. The molecule has 0 aliphatic rings. The number of hydrogen-bond acceptors (Lipinski definition) is 4. The number of amides is 1. The molecule has 8 heteroatoms. The monoisotopic (exact) mass is 265 g/mol. The molecular weight excluding hydrogens is 256 g/mol. The maximum atomic E-state index is 12.0. The number of hydrogen-bond donors (Lipinski definition) is 0. The van der Waals surface area contributed by atoms with Gasteiger partial charge in [-0.3, -0.25) is 4.79 Å². The van der Waals surface area contributed by atoms with Crippen LogP contribution in [0.3, 0.4) is 0 Å². The van der Waals surface area contributed by atoms with Crippen molar-refractivity contribution in [3.05, 3.63) is 35.9 Å². The maximum Gasteiger partial charge on any atom is 0.366 e. The van der Waals surface area contributed by atoms with Crippen LogP contribution in [-0.2, 0) is 14.9 Å². The van der Waals surface area contributed by atoms with Gasteiger partial charge in [0.1, 0.15) is 0 Å². The van der Waals surface area contributed by atoms with E-state index >= 15 is 0 Å². The van der Waals surface area contributed by atoms with Gasteiger partial charge in [0.05, 0.1) is 6.26 Å². The van der Waals surface area contributed by atoms with Crippen molar-refractivity contribution in [2.45, 2.75) is 6.61 Å². The van der Waals surface area contributed by atoms with Gasteiger partial charge < -0.3 is 0 Å². The number of nitrogens with zero attached hydrogens (tertiary/aromatic N) is 1. The smallest absolute Gasteiger partial charge is 0.266 e. The first kappa shape index (κ1) is 13.5. The highest BCUT2D eigenvalue weighted by molar-refractivity contribution is 7.88. The summed E-state index contributed by atoms with van der Waals surface area (Å²) in [4.78, 5) is 15.3. The van der Waals surface area contributed by atoms with Gasteiger partial charge in [0.15, 0.2) is 0 Å². The van der Waals surface area contributed by atoms with E-state index in [0.29, 0.717) is 6.26 Å². The SMILES string of the molecule is CS(=O)(=O)N(OC(F)F)C(=O)c1ccccc1. The summed E-state index contributed by atoms with van der Waals surface area (Å²) in [5, 5.41) is 0. The number of hydroxylamine groups is 1. The topological polar surface area (TPSA) is 63.7 Å². The molecule has 0 unspecified atom stereocenters. The van der Waals surface area contributed by atoms with Crippen LogP contribution < -0.4 is 0 Å². The first-order valence-corrected chi connectivity index (χ1v) is 6.22. The molecule has 1 amide bonds. The lowest BCUT2D eigenvalue weighted by atomic mass is 10.2. The summed E-state index contributed by atoms with van der Waals surface area (Å²) in [7, 11) is -4.23. The number of alkyl halides is 2. The highest BCUT2D eigenvalue weighted by atomic mass is 32.2. The summed E-state index contributed by atoms with van der Waals surface area (Å²) >= 11 is 0. The van der Waals surface area contributed by atoms with Gasteiger partial charge in [-0.05, 0) is 12.1 Å². The van der Waals surface area contributed by atoms with Gasteiger partial charge in [-0.1, -0.05) is 22.7 Å². The predicted octanol–water partition coefficient (Wildman–Crippen LogP) is 1.24. The lowest BCUT2D eigenvalue weighted by Crippen LogP contribution is -2.37. The number of carbonyl (C=O) groups excluding carboxylic acids is 1. The van der Waals surface area contributed by atoms with E-state index in [1.54, 1.807) is 6.07 Å². The molecule has 0 radical (unpaired) electrons. The third-order valence-electron chi connectivity index (χ3n) is 1.66. The van der Waals surface area contributed by atoms with Crippen LogP contribution in [0.5, 0.6) is 0 Å². The van der Waals surface area contributed by atoms with E-state index in [2.05, 4.69) is 4.84 Å². The minimum Gasteiger partial charge on any atom is -0.266 e. The van der Waals surface area contributed by atoms with E-state index in [-0.39, 0.29) is 10.0 Å². The number of halogens is 2. The Hall–Kier alpha value is -1.54. The second kappa shape index (κ2) is 5.19. The first-order valence-electron chi connectivity index (χ1n) is 4.37. The van der Waals surface area contributed by atoms with E-state index < -0.39 is 22.5 Å². The standard InChI is InChI=1S/C9H9F2NO4S/c1-17(14,15)12(16-9(10)11)8(13)7-5-3-2-4-6-7/h2-6,9H,1H3. The van der Waals surface area contributed by atoms with Gasteiger partial charge in [-0.25, -0.2) is 8.42 Å². The van der Waals surface area contributed by atoms with Crippen molar-refractivity contribution in [1.29, 1.82) is 0 Å². The first-order chi connectivity index (χ1) is 7.82. The summed E-state index contributed by atoms with van der Waals surface area (Å²) in [6, 6.07) is 7.10. The molecule has 1 aromatic carbocycles. The van der Waals surface area contributed by atoms with Crippen LogP contribution >= 0.6 is 0 Å². The molecule has 0 saturated carbocycles. The number of carbonyl (C=O) groups is 1. The quantitative estimate of drug-likeness (QED) is 0.768. The summed E-state index contributed by atoms with van der Waals surface area (Å²) in [5.41, 5.74) is -0.0708. The Morgan fingerprint density at radius 2 is 1.82 bits per heavy atom. The Labute approximate surface area is 96.6 Å². The highest BCUT2D eigenvalue weighted by Crippen LogP contribution is 2.12. The fourth-order valence-corrected chi connectivity index (χ4v) is 1.66. The zero-order valence-corrected chi connectivity index (χ0v) is 9.52. The summed E-state index contributed by atoms with van der Waals surface area (Å²) in [5.74, 6) is -1.17. The molecule has 17 heavy (non-hydrogen) atoms. The zero-order chi connectivity index (χ0) is 13.1. The molecule has 0 aromatic heterocycles. The van der Waals surface area contributed by atoms with Crippen molar-refractivity contribution in [2.75, 3.05) is 6.26 Å². The molecule has 0 fully saturated rings. The maximum absolute atomic E-state index is 12.0. The van der Waals surface area contributed by atoms with Gasteiger partial charge >= 0.3 is 6.61 Å². The minimum absolute atomic E-state index is 0.0708. The molecule has 0 saturated heterocycles. The molecule has 5 nitrogen and oxygen atoms in total. The van der Waals surface area contributed by atoms with Crippen molar-refractivity contribution in [3.8, 4) is 0 Å². The van der Waals surface area contributed by atoms with Crippen LogP contribution in [0.15, 0.2) is 30.3 Å². The minimum atomic E-state index is -4.23. The van der Waals surface area contributed by atoms with Gasteiger partial charge in [-0.15, -0.1) is 0 Å². The van der Waals surface area contributed by atoms with Crippen molar-refractivity contribution >= 4 is 15.9 Å². The average Bonchev–Trinajstić information content (AvgIpc) is 2.24. The number of sulfonamides is 1. The van der Waals surface area contributed by atoms with E-state index in [1.807, 2.05) is 0 Å². The van der Waals surface area contributed by atoms with Crippen LogP contribution in [0, 0.1) is 0 Å². The van der Waals surface area contributed by atoms with Gasteiger partial charge in [0.2, 0.25) is 0 Å². The molecule has 0 N–H and O–H groups in total. The third kappa shape index (κ3) is 3.75. The second-order valence-electron chi connectivity index (χ2n) is 3.03. The molecule has 0 aliphatic carbocycles. The summed E-state index contributed by atoms with van der Waals surface area (Å²) in [6.45, 7) is -3.41. The third-order valence-corrected chi connectivity index (χ3v) is 2.52. The fourth-order valence-electron chi connectivity index (χ4n) is 1.04. The lowest BCUT2D eigenvalue weighted by molar-refractivity contribution is -0.219. The molecule has 0 spiro atoms. The van der Waals surface area contributed by atoms with Gasteiger partial charge in [-0.2, -0.15) is 13.6 Å². The molecule has 1 rings (SSSR count). The van der Waals surface area contributed by atoms with E-state index in [9.17, 15) is 22.0 Å². The normalized spacial score (nSPS) is 11.5. The average molecular weight is 265 g/mol. The van der Waals surface area contributed by atoms with Crippen LogP contribution in [-0.4, -0.2) is 31.7 Å². The summed E-state index contributed by atoms with van der Waals surface area (Å²) < 4.78 is 46.0. The molecule has 0 aliphatic heterocycles. The number of rotatable bonds is 4. The largest absolute Gasteiger partial charge is 0.366 e. The van der Waals surface area contributed by atoms with Crippen molar-refractivity contribution < 1.29 is 26.8 Å². The van der Waals surface area contributed by atoms with Crippen LogP contribution in [0.25, 0.3) is 0 Å². The Morgan fingerprint density at radius 1 is 1.29 bits per heavy atom. The molecule has 0 bridgehead atoms. The Morgan fingerprint density at radius 3 is 2.24 bits per heavy atom. The van der Waals surface area contributed by atoms with Gasteiger partial charge in [0, 0.05) is 5.56 Å². The molecule has 0 heterocycles. The number of benzene rings is 1. The Balaban J connectivity index is 3.04. The van der Waals surface area contributed by atoms with Gasteiger partial charge in [0.25, 0.3) is 15.9 Å². The van der Waals surface area contributed by atoms with Crippen LogP contribution in [0.1, 0.15) is 10.4 Å². The summed E-state index contributed by atoms with van der Waals surface area (Å²) in [6.07, 6.45) is 0.593. The van der Waals surface area contributed by atoms with Crippen LogP contribution in [0.4, 0.5) is 8.78 Å². The Kier molecular flexibility index (Phi) is 4.13. The predicted molar refractivity (Wildman–Crippen MR) is 54.5 cm³/mol. The van der Waals surface area contributed by atoms with Crippen molar-refractivity contribution in [3.63, 3.8) is 0 Å². The zero-order valence-electron chi connectivity index (χ0n) is 8.71. The molecular formula is C9H9F2NO4S. The van der Waals surface area contributed by atoms with Crippen molar-refractivity contribution in [2.24, 2.45) is 0 Å². The fraction of sp³-hybridized carbons (Fsp3) is 0.222. The molecule has 0 atom stereocenters. The Bertz CT molecular complexity index is 489. The molecule has 94 valence electrons. The van der Waals surface area contributed by atoms with Crippen LogP contribution in [0.2, 0.25) is 0 Å². The second-order valence-corrected chi connectivity index (χ2v) is 4.83. The van der Waals surface area contributed by atoms with E-state index in [0.717, 1.165) is 0 Å². The van der Waals surface area contributed by atoms with Crippen molar-refractivity contribution in [1.82, 2.24) is 4.47 Å². The highest BCUT2D eigenvalue weighted by Gasteiger charge is 2.29. The van der Waals surface area contributed by atoms with E-state index in [1.165, 1.54) is 24.3 Å². The van der Waals surface area contributed by atoms with E-state index in [4.69, 9.17) is 0 Å².